The highest BCUT2D eigenvalue weighted by Gasteiger charge is 2.41. The van der Waals surface area contributed by atoms with Crippen molar-refractivity contribution in [3.8, 4) is 0 Å². The Hall–Kier alpha value is -1.36. The van der Waals surface area contributed by atoms with E-state index in [4.69, 9.17) is 11.6 Å². The summed E-state index contributed by atoms with van der Waals surface area (Å²) >= 11 is 5.95. The van der Waals surface area contributed by atoms with Crippen LogP contribution in [0.25, 0.3) is 0 Å². The van der Waals surface area contributed by atoms with Crippen molar-refractivity contribution >= 4 is 23.3 Å². The first-order valence-corrected chi connectivity index (χ1v) is 6.24. The number of hydrogen-bond donors (Lipinski definition) is 0. The minimum Gasteiger partial charge on any atom is -0.342 e. The molecule has 98 valence electrons. The molecule has 1 aliphatic rings. The van der Waals surface area contributed by atoms with E-state index in [1.807, 2.05) is 25.8 Å². The molecule has 0 aliphatic carbocycles. The average Bonchev–Trinajstić information content (AvgIpc) is 2.24. The van der Waals surface area contributed by atoms with Crippen LogP contribution >= 0.6 is 11.6 Å². The van der Waals surface area contributed by atoms with E-state index in [-0.39, 0.29) is 5.91 Å². The molecule has 0 bridgehead atoms. The summed E-state index contributed by atoms with van der Waals surface area (Å²) < 4.78 is 0. The van der Waals surface area contributed by atoms with Gasteiger partial charge in [-0.05, 0) is 20.8 Å². The van der Waals surface area contributed by atoms with Crippen molar-refractivity contribution in [2.75, 3.05) is 25.0 Å². The Morgan fingerprint density at radius 2 is 2.00 bits per heavy atom. The topological polar surface area (TPSA) is 49.3 Å². The molecule has 1 aromatic rings. The lowest BCUT2D eigenvalue weighted by molar-refractivity contribution is -0.136. The van der Waals surface area contributed by atoms with Crippen molar-refractivity contribution in [3.05, 3.63) is 17.0 Å². The smallest absolute Gasteiger partial charge is 0.247 e. The van der Waals surface area contributed by atoms with Crippen LogP contribution in [-0.4, -0.2) is 46.5 Å². The lowest BCUT2D eigenvalue weighted by Gasteiger charge is -2.45. The maximum atomic E-state index is 12.2. The normalized spacial score (nSPS) is 19.3. The van der Waals surface area contributed by atoms with Crippen molar-refractivity contribution in [1.29, 1.82) is 0 Å². The predicted molar refractivity (Wildman–Crippen MR) is 70.8 cm³/mol. The van der Waals surface area contributed by atoms with Crippen LogP contribution in [0, 0.1) is 6.92 Å². The second kappa shape index (κ2) is 4.39. The zero-order valence-corrected chi connectivity index (χ0v) is 11.8. The molecular formula is C12H17ClN4O. The van der Waals surface area contributed by atoms with Gasteiger partial charge in [0.25, 0.3) is 0 Å². The number of likely N-dealkylation sites (N-methyl/N-ethyl adjacent to an activating group) is 1. The second-order valence-electron chi connectivity index (χ2n) is 5.03. The van der Waals surface area contributed by atoms with E-state index >= 15 is 0 Å². The summed E-state index contributed by atoms with van der Waals surface area (Å²) in [5.74, 6) is 1.40. The number of anilines is 1. The Morgan fingerprint density at radius 1 is 1.33 bits per heavy atom. The van der Waals surface area contributed by atoms with Gasteiger partial charge in [0.15, 0.2) is 0 Å². The first-order chi connectivity index (χ1) is 8.32. The number of carbonyl (C=O) groups excluding carboxylic acids is 1. The molecule has 0 aromatic carbocycles. The van der Waals surface area contributed by atoms with Crippen molar-refractivity contribution < 1.29 is 4.79 Å². The fraction of sp³-hybridized carbons (Fsp3) is 0.583. The largest absolute Gasteiger partial charge is 0.342 e. The van der Waals surface area contributed by atoms with E-state index in [1.54, 1.807) is 17.9 Å². The number of aromatic nitrogens is 2. The molecule has 6 heteroatoms. The molecule has 18 heavy (non-hydrogen) atoms. The highest BCUT2D eigenvalue weighted by molar-refractivity contribution is 6.29. The van der Waals surface area contributed by atoms with Gasteiger partial charge in [-0.3, -0.25) is 4.79 Å². The Balaban J connectivity index is 2.41. The summed E-state index contributed by atoms with van der Waals surface area (Å²) in [6, 6.07) is 1.70. The fourth-order valence-corrected chi connectivity index (χ4v) is 2.49. The van der Waals surface area contributed by atoms with E-state index in [2.05, 4.69) is 9.97 Å². The number of piperazine rings is 1. The molecule has 1 amide bonds. The number of halogens is 1. The van der Waals surface area contributed by atoms with Crippen molar-refractivity contribution in [2.24, 2.45) is 0 Å². The van der Waals surface area contributed by atoms with Crippen LogP contribution in [-0.2, 0) is 4.79 Å². The highest BCUT2D eigenvalue weighted by atomic mass is 35.5. The first kappa shape index (κ1) is 13.1. The summed E-state index contributed by atoms with van der Waals surface area (Å²) in [6.45, 7) is 7.01. The monoisotopic (exact) mass is 268 g/mol. The van der Waals surface area contributed by atoms with Crippen LogP contribution in [0.2, 0.25) is 5.15 Å². The molecule has 0 atom stereocenters. The lowest BCUT2D eigenvalue weighted by Crippen LogP contribution is -2.62. The number of nitrogens with zero attached hydrogens (tertiary/aromatic N) is 4. The predicted octanol–water partition coefficient (Wildman–Crippen LogP) is 1.50. The van der Waals surface area contributed by atoms with Crippen LogP contribution in [0.4, 0.5) is 5.82 Å². The van der Waals surface area contributed by atoms with Gasteiger partial charge in [0.05, 0.1) is 0 Å². The molecule has 5 nitrogen and oxygen atoms in total. The van der Waals surface area contributed by atoms with Crippen molar-refractivity contribution in [3.63, 3.8) is 0 Å². The summed E-state index contributed by atoms with van der Waals surface area (Å²) in [7, 11) is 1.82. The molecule has 2 rings (SSSR count). The summed E-state index contributed by atoms with van der Waals surface area (Å²) in [5, 5.41) is 0.402. The van der Waals surface area contributed by atoms with Gasteiger partial charge >= 0.3 is 0 Å². The number of hydrogen-bond acceptors (Lipinski definition) is 4. The van der Waals surface area contributed by atoms with E-state index in [9.17, 15) is 4.79 Å². The van der Waals surface area contributed by atoms with Crippen LogP contribution < -0.4 is 4.90 Å². The summed E-state index contributed by atoms with van der Waals surface area (Å²) in [5.41, 5.74) is -0.614. The Morgan fingerprint density at radius 3 is 2.61 bits per heavy atom. The van der Waals surface area contributed by atoms with Crippen molar-refractivity contribution in [1.82, 2.24) is 14.9 Å². The van der Waals surface area contributed by atoms with Gasteiger partial charge in [-0.1, -0.05) is 11.6 Å². The zero-order chi connectivity index (χ0) is 13.5. The molecule has 1 aromatic heterocycles. The molecule has 2 heterocycles. The zero-order valence-electron chi connectivity index (χ0n) is 11.1. The Bertz CT molecular complexity index is 469. The van der Waals surface area contributed by atoms with Crippen LogP contribution in [0.3, 0.4) is 0 Å². The lowest BCUT2D eigenvalue weighted by atomic mass is 9.98. The van der Waals surface area contributed by atoms with Gasteiger partial charge in [0.2, 0.25) is 5.91 Å². The van der Waals surface area contributed by atoms with Gasteiger partial charge < -0.3 is 9.80 Å². The van der Waals surface area contributed by atoms with Gasteiger partial charge in [-0.15, -0.1) is 0 Å². The fourth-order valence-electron chi connectivity index (χ4n) is 2.27. The molecule has 1 fully saturated rings. The second-order valence-corrected chi connectivity index (χ2v) is 5.42. The minimum atomic E-state index is -0.614. The van der Waals surface area contributed by atoms with E-state index in [1.165, 1.54) is 0 Å². The molecule has 0 unspecified atom stereocenters. The van der Waals surface area contributed by atoms with E-state index in [0.29, 0.717) is 23.3 Å². The summed E-state index contributed by atoms with van der Waals surface area (Å²) in [4.78, 5) is 24.3. The molecule has 0 radical (unpaired) electrons. The number of carbonyl (C=O) groups is 1. The van der Waals surface area contributed by atoms with Gasteiger partial charge in [0, 0.05) is 26.2 Å². The van der Waals surface area contributed by atoms with E-state index in [0.717, 1.165) is 6.54 Å². The number of rotatable bonds is 1. The highest BCUT2D eigenvalue weighted by Crippen LogP contribution is 2.28. The third-order valence-electron chi connectivity index (χ3n) is 3.27. The van der Waals surface area contributed by atoms with Crippen LogP contribution in [0.5, 0.6) is 0 Å². The number of aryl methyl sites for hydroxylation is 1. The van der Waals surface area contributed by atoms with Gasteiger partial charge in [0.1, 0.15) is 22.3 Å². The maximum Gasteiger partial charge on any atom is 0.247 e. The molecular weight excluding hydrogens is 252 g/mol. The third-order valence-corrected chi connectivity index (χ3v) is 3.47. The third kappa shape index (κ3) is 2.14. The number of amides is 1. The molecule has 0 saturated carbocycles. The van der Waals surface area contributed by atoms with Crippen molar-refractivity contribution in [2.45, 2.75) is 26.3 Å². The quantitative estimate of drug-likeness (QED) is 0.724. The first-order valence-electron chi connectivity index (χ1n) is 5.87. The molecule has 1 aliphatic heterocycles. The maximum absolute atomic E-state index is 12.2. The summed E-state index contributed by atoms with van der Waals surface area (Å²) in [6.07, 6.45) is 0. The Kier molecular flexibility index (Phi) is 3.19. The Labute approximate surface area is 112 Å². The average molecular weight is 269 g/mol. The van der Waals surface area contributed by atoms with Crippen LogP contribution in [0.15, 0.2) is 6.07 Å². The molecule has 0 N–H and O–H groups in total. The minimum absolute atomic E-state index is 0.0844. The van der Waals surface area contributed by atoms with Gasteiger partial charge in [-0.25, -0.2) is 9.97 Å². The molecule has 0 spiro atoms. The van der Waals surface area contributed by atoms with Crippen LogP contribution in [0.1, 0.15) is 19.7 Å². The SMILES string of the molecule is Cc1nc(Cl)cc(N2CCN(C)C(=O)C2(C)C)n1. The molecule has 1 saturated heterocycles. The standard InChI is InChI=1S/C12H17ClN4O/c1-8-14-9(13)7-10(15-8)17-6-5-16(4)11(18)12(17,2)3/h7H,5-6H2,1-4H3. The van der Waals surface area contributed by atoms with E-state index < -0.39 is 5.54 Å². The van der Waals surface area contributed by atoms with Gasteiger partial charge in [-0.2, -0.15) is 0 Å².